The molecule has 0 saturated carbocycles. The molecule has 20 heavy (non-hydrogen) atoms. The average Bonchev–Trinajstić information content (AvgIpc) is 2.73. The minimum atomic E-state index is -0.0761. The molecule has 1 aliphatic rings. The third-order valence-corrected chi connectivity index (χ3v) is 4.04. The number of para-hydroxylation sites is 1. The van der Waals surface area contributed by atoms with Crippen LogP contribution in [0.1, 0.15) is 15.9 Å². The molecule has 1 N–H and O–H groups in total. The minimum Gasteiger partial charge on any atom is -0.352 e. The fourth-order valence-corrected chi connectivity index (χ4v) is 2.75. The number of carbonyl (C=O) groups is 1. The van der Waals surface area contributed by atoms with Crippen LogP contribution in [-0.2, 0) is 0 Å². The molecule has 2 aromatic rings. The van der Waals surface area contributed by atoms with Crippen LogP contribution in [0.5, 0.6) is 0 Å². The maximum absolute atomic E-state index is 12.2. The van der Waals surface area contributed by atoms with Crippen LogP contribution in [0.2, 0.25) is 15.1 Å². The number of benzene rings is 2. The monoisotopic (exact) mass is 323 g/mol. The van der Waals surface area contributed by atoms with Crippen molar-refractivity contribution in [1.29, 1.82) is 0 Å². The quantitative estimate of drug-likeness (QED) is 0.570. The van der Waals surface area contributed by atoms with Gasteiger partial charge in [-0.3, -0.25) is 4.79 Å². The Kier molecular flexibility index (Phi) is 3.47. The van der Waals surface area contributed by atoms with Crippen molar-refractivity contribution in [2.45, 2.75) is 0 Å². The molecule has 2 nitrogen and oxygen atoms in total. The largest absolute Gasteiger partial charge is 0.352 e. The minimum absolute atomic E-state index is 0.0761. The Balaban J connectivity index is 2.06. The van der Waals surface area contributed by atoms with E-state index in [0.717, 1.165) is 5.69 Å². The maximum Gasteiger partial charge on any atom is 0.211 e. The van der Waals surface area contributed by atoms with E-state index in [9.17, 15) is 4.79 Å². The van der Waals surface area contributed by atoms with Crippen LogP contribution in [0.25, 0.3) is 6.08 Å². The summed E-state index contributed by atoms with van der Waals surface area (Å²) in [6.45, 7) is 0. The summed E-state index contributed by atoms with van der Waals surface area (Å²) >= 11 is 18.1. The summed E-state index contributed by atoms with van der Waals surface area (Å²) in [5, 5.41) is 4.26. The van der Waals surface area contributed by atoms with Crippen molar-refractivity contribution in [2.75, 3.05) is 5.32 Å². The van der Waals surface area contributed by atoms with Gasteiger partial charge in [-0.25, -0.2) is 0 Å². The molecule has 1 heterocycles. The van der Waals surface area contributed by atoms with Gasteiger partial charge in [0.15, 0.2) is 0 Å². The summed E-state index contributed by atoms with van der Waals surface area (Å²) < 4.78 is 0. The van der Waals surface area contributed by atoms with E-state index in [2.05, 4.69) is 5.32 Å². The van der Waals surface area contributed by atoms with Gasteiger partial charge in [0.1, 0.15) is 0 Å². The molecular weight excluding hydrogens is 317 g/mol. The van der Waals surface area contributed by atoms with E-state index in [4.69, 9.17) is 34.8 Å². The van der Waals surface area contributed by atoms with Gasteiger partial charge in [-0.05, 0) is 35.9 Å². The fraction of sp³-hybridized carbons (Fsp3) is 0. The molecule has 0 bridgehead atoms. The predicted molar refractivity (Wildman–Crippen MR) is 83.8 cm³/mol. The van der Waals surface area contributed by atoms with E-state index in [1.807, 2.05) is 18.2 Å². The Morgan fingerprint density at radius 3 is 2.55 bits per heavy atom. The number of allylic oxidation sites excluding steroid dienone is 1. The highest BCUT2D eigenvalue weighted by atomic mass is 35.5. The normalized spacial score (nSPS) is 15.3. The number of anilines is 1. The van der Waals surface area contributed by atoms with Crippen LogP contribution in [0.4, 0.5) is 5.69 Å². The van der Waals surface area contributed by atoms with Crippen molar-refractivity contribution < 1.29 is 4.79 Å². The SMILES string of the molecule is O=C1/C(=C\c2cc(Cl)cc(Cl)c2Cl)Nc2ccccc21. The number of hydrogen-bond acceptors (Lipinski definition) is 2. The molecule has 0 unspecified atom stereocenters. The second kappa shape index (κ2) is 5.13. The molecule has 0 aliphatic carbocycles. The van der Waals surface area contributed by atoms with Gasteiger partial charge in [-0.1, -0.05) is 46.9 Å². The van der Waals surface area contributed by atoms with E-state index in [1.165, 1.54) is 0 Å². The molecule has 0 radical (unpaired) electrons. The number of fused-ring (bicyclic) bond motifs is 1. The molecule has 100 valence electrons. The third kappa shape index (κ3) is 2.31. The number of ketones is 1. The standard InChI is InChI=1S/C15H8Cl3NO/c16-9-5-8(14(18)11(17)7-9)6-13-15(20)10-3-1-2-4-12(10)19-13/h1-7,19H/b13-6+. The van der Waals surface area contributed by atoms with Gasteiger partial charge in [-0.15, -0.1) is 0 Å². The van der Waals surface area contributed by atoms with E-state index in [0.29, 0.717) is 31.9 Å². The molecule has 2 aromatic carbocycles. The first-order valence-electron chi connectivity index (χ1n) is 5.83. The van der Waals surface area contributed by atoms with Crippen molar-refractivity contribution in [2.24, 2.45) is 0 Å². The maximum atomic E-state index is 12.2. The fourth-order valence-electron chi connectivity index (χ4n) is 2.08. The summed E-state index contributed by atoms with van der Waals surface area (Å²) in [4.78, 5) is 12.2. The zero-order valence-corrected chi connectivity index (χ0v) is 12.4. The molecule has 0 atom stereocenters. The average molecular weight is 325 g/mol. The zero-order chi connectivity index (χ0) is 14.3. The number of nitrogens with one attached hydrogen (secondary N) is 1. The highest BCUT2D eigenvalue weighted by Crippen LogP contribution is 2.34. The first-order valence-corrected chi connectivity index (χ1v) is 6.96. The summed E-state index contributed by atoms with van der Waals surface area (Å²) in [5.41, 5.74) is 2.48. The van der Waals surface area contributed by atoms with Gasteiger partial charge in [0.2, 0.25) is 5.78 Å². The van der Waals surface area contributed by atoms with E-state index >= 15 is 0 Å². The number of hydrogen-bond donors (Lipinski definition) is 1. The topological polar surface area (TPSA) is 29.1 Å². The predicted octanol–water partition coefficient (Wildman–Crippen LogP) is 5.30. The highest BCUT2D eigenvalue weighted by Gasteiger charge is 2.24. The van der Waals surface area contributed by atoms with Gasteiger partial charge in [0.25, 0.3) is 0 Å². The van der Waals surface area contributed by atoms with Crippen LogP contribution in [0, 0.1) is 0 Å². The lowest BCUT2D eigenvalue weighted by Crippen LogP contribution is -1.99. The van der Waals surface area contributed by atoms with Gasteiger partial charge in [-0.2, -0.15) is 0 Å². The van der Waals surface area contributed by atoms with Gasteiger partial charge in [0, 0.05) is 16.3 Å². The Labute approximate surface area is 131 Å². The lowest BCUT2D eigenvalue weighted by Gasteiger charge is -2.04. The van der Waals surface area contributed by atoms with Crippen LogP contribution in [0.3, 0.4) is 0 Å². The van der Waals surface area contributed by atoms with E-state index in [1.54, 1.807) is 24.3 Å². The lowest BCUT2D eigenvalue weighted by molar-refractivity contribution is 0.104. The van der Waals surface area contributed by atoms with Crippen molar-refractivity contribution in [3.05, 3.63) is 68.3 Å². The van der Waals surface area contributed by atoms with Gasteiger partial charge >= 0.3 is 0 Å². The summed E-state index contributed by atoms with van der Waals surface area (Å²) in [7, 11) is 0. The number of halogens is 3. The highest BCUT2D eigenvalue weighted by molar-refractivity contribution is 6.44. The van der Waals surface area contributed by atoms with Crippen LogP contribution < -0.4 is 5.32 Å². The summed E-state index contributed by atoms with van der Waals surface area (Å²) in [6, 6.07) is 10.5. The summed E-state index contributed by atoms with van der Waals surface area (Å²) in [6.07, 6.45) is 1.66. The Morgan fingerprint density at radius 1 is 1.05 bits per heavy atom. The van der Waals surface area contributed by atoms with Crippen LogP contribution in [-0.4, -0.2) is 5.78 Å². The van der Waals surface area contributed by atoms with Crippen LogP contribution >= 0.6 is 34.8 Å². The smallest absolute Gasteiger partial charge is 0.211 e. The second-order valence-electron chi connectivity index (χ2n) is 4.35. The Morgan fingerprint density at radius 2 is 1.80 bits per heavy atom. The number of Topliss-reactive ketones (excluding diaryl/α,β-unsaturated/α-hetero) is 1. The molecule has 0 aromatic heterocycles. The Hall–Kier alpha value is -1.48. The van der Waals surface area contributed by atoms with E-state index in [-0.39, 0.29) is 5.78 Å². The second-order valence-corrected chi connectivity index (χ2v) is 5.57. The molecule has 0 fully saturated rings. The van der Waals surface area contributed by atoms with Crippen LogP contribution in [0.15, 0.2) is 42.1 Å². The first kappa shape index (κ1) is 13.5. The van der Waals surface area contributed by atoms with E-state index < -0.39 is 0 Å². The number of rotatable bonds is 1. The third-order valence-electron chi connectivity index (χ3n) is 3.01. The van der Waals surface area contributed by atoms with Crippen molar-refractivity contribution in [3.63, 3.8) is 0 Å². The molecule has 0 spiro atoms. The van der Waals surface area contributed by atoms with Crippen molar-refractivity contribution in [3.8, 4) is 0 Å². The molecule has 3 rings (SSSR count). The van der Waals surface area contributed by atoms with Gasteiger partial charge < -0.3 is 5.32 Å². The van der Waals surface area contributed by atoms with Crippen molar-refractivity contribution in [1.82, 2.24) is 0 Å². The van der Waals surface area contributed by atoms with Crippen molar-refractivity contribution >= 4 is 52.3 Å². The first-order chi connectivity index (χ1) is 9.56. The lowest BCUT2D eigenvalue weighted by atomic mass is 10.1. The molecule has 1 aliphatic heterocycles. The molecule has 0 amide bonds. The zero-order valence-electron chi connectivity index (χ0n) is 10.1. The molecule has 0 saturated heterocycles. The molecule has 5 heteroatoms. The number of carbonyl (C=O) groups excluding carboxylic acids is 1. The van der Waals surface area contributed by atoms with Gasteiger partial charge in [0.05, 0.1) is 15.7 Å². The molecular formula is C15H8Cl3NO. The summed E-state index contributed by atoms with van der Waals surface area (Å²) in [5.74, 6) is -0.0761. The Bertz CT molecular complexity index is 753.